The summed E-state index contributed by atoms with van der Waals surface area (Å²) in [5.74, 6) is -0.386. The van der Waals surface area contributed by atoms with Crippen LogP contribution in [-0.4, -0.2) is 43.4 Å². The van der Waals surface area contributed by atoms with Crippen molar-refractivity contribution >= 4 is 30.7 Å². The average molecular weight is 420 g/mol. The number of carbonyl (C=O) groups is 1. The molecule has 0 radical (unpaired) electrons. The van der Waals surface area contributed by atoms with Crippen LogP contribution in [0, 0.1) is 5.41 Å². The van der Waals surface area contributed by atoms with Gasteiger partial charge in [0.15, 0.2) is 6.61 Å². The summed E-state index contributed by atoms with van der Waals surface area (Å²) in [6.07, 6.45) is -2.10. The van der Waals surface area contributed by atoms with Crippen molar-refractivity contribution in [2.24, 2.45) is 11.1 Å². The molecule has 1 saturated heterocycles. The molecule has 0 spiro atoms. The van der Waals surface area contributed by atoms with Gasteiger partial charge in [0.1, 0.15) is 0 Å². The zero-order valence-electron chi connectivity index (χ0n) is 13.9. The van der Waals surface area contributed by atoms with E-state index in [0.29, 0.717) is 31.6 Å². The van der Waals surface area contributed by atoms with E-state index in [2.05, 4.69) is 10.3 Å². The highest BCUT2D eigenvalue weighted by atomic mass is 35.5. The predicted octanol–water partition coefficient (Wildman–Crippen LogP) is 2.24. The van der Waals surface area contributed by atoms with E-state index in [4.69, 9.17) is 15.2 Å². The van der Waals surface area contributed by atoms with Crippen molar-refractivity contribution in [2.75, 3.05) is 26.4 Å². The van der Waals surface area contributed by atoms with E-state index in [0.717, 1.165) is 0 Å². The van der Waals surface area contributed by atoms with Crippen LogP contribution in [0.1, 0.15) is 18.4 Å². The lowest BCUT2D eigenvalue weighted by Crippen LogP contribution is -2.49. The Balaban J connectivity index is 0.00000312. The quantitative estimate of drug-likeness (QED) is 0.738. The maximum Gasteiger partial charge on any atom is 0.422 e. The number of alkyl halides is 3. The molecule has 11 heteroatoms. The first-order valence-electron chi connectivity index (χ1n) is 7.56. The van der Waals surface area contributed by atoms with E-state index in [-0.39, 0.29) is 49.7 Å². The van der Waals surface area contributed by atoms with E-state index in [1.807, 2.05) is 0 Å². The molecule has 0 aromatic carbocycles. The van der Waals surface area contributed by atoms with Crippen molar-refractivity contribution in [1.29, 1.82) is 0 Å². The van der Waals surface area contributed by atoms with Gasteiger partial charge in [-0.2, -0.15) is 13.2 Å². The number of aromatic nitrogens is 1. The highest BCUT2D eigenvalue weighted by molar-refractivity contribution is 5.85. The third-order valence-corrected chi connectivity index (χ3v) is 3.98. The maximum atomic E-state index is 12.5. The molecular formula is C15H22Cl2F3N3O3. The number of nitrogens with one attached hydrogen (secondary N) is 1. The number of hydrogen-bond acceptors (Lipinski definition) is 5. The fraction of sp³-hybridized carbons (Fsp3) is 0.600. The second-order valence-corrected chi connectivity index (χ2v) is 5.65. The molecule has 26 heavy (non-hydrogen) atoms. The van der Waals surface area contributed by atoms with Crippen LogP contribution in [0.25, 0.3) is 0 Å². The molecule has 0 aliphatic carbocycles. The first kappa shape index (κ1) is 24.7. The lowest BCUT2D eigenvalue weighted by atomic mass is 9.79. The van der Waals surface area contributed by atoms with Gasteiger partial charge >= 0.3 is 6.18 Å². The number of amides is 1. The van der Waals surface area contributed by atoms with Crippen LogP contribution >= 0.6 is 24.8 Å². The first-order chi connectivity index (χ1) is 11.4. The molecule has 6 nitrogen and oxygen atoms in total. The van der Waals surface area contributed by atoms with Gasteiger partial charge in [-0.15, -0.1) is 24.8 Å². The molecule has 1 fully saturated rings. The van der Waals surface area contributed by atoms with Gasteiger partial charge in [-0.25, -0.2) is 4.98 Å². The molecule has 3 N–H and O–H groups in total. The molecule has 1 aliphatic heterocycles. The molecule has 150 valence electrons. The van der Waals surface area contributed by atoms with E-state index < -0.39 is 18.2 Å². The average Bonchev–Trinajstić information content (AvgIpc) is 2.58. The number of ether oxygens (including phenoxy) is 2. The topological polar surface area (TPSA) is 86.5 Å². The second-order valence-electron chi connectivity index (χ2n) is 5.65. The number of carbonyl (C=O) groups excluding carboxylic acids is 1. The summed E-state index contributed by atoms with van der Waals surface area (Å²) < 4.78 is 46.8. The molecule has 0 atom stereocenters. The number of rotatable bonds is 6. The highest BCUT2D eigenvalue weighted by Gasteiger charge is 2.38. The van der Waals surface area contributed by atoms with Gasteiger partial charge in [0.05, 0.1) is 5.41 Å². The Labute approximate surface area is 161 Å². The lowest BCUT2D eigenvalue weighted by Gasteiger charge is -2.34. The molecule has 1 aromatic rings. The standard InChI is InChI=1S/C15H20F3N3O3.2ClH/c16-15(17,18)10-24-12-11(2-1-5-20-12)8-21-13(22)14(9-19)3-6-23-7-4-14;;/h1-2,5H,3-4,6-10,19H2,(H,21,22);2*1H. The first-order valence-corrected chi connectivity index (χ1v) is 7.56. The largest absolute Gasteiger partial charge is 0.468 e. The molecule has 1 aliphatic rings. The SMILES string of the molecule is Cl.Cl.NCC1(C(=O)NCc2cccnc2OCC(F)(F)F)CCOCC1. The van der Waals surface area contributed by atoms with Crippen molar-refractivity contribution in [2.45, 2.75) is 25.6 Å². The van der Waals surface area contributed by atoms with Gasteiger partial charge in [-0.1, -0.05) is 6.07 Å². The van der Waals surface area contributed by atoms with E-state index in [1.165, 1.54) is 6.20 Å². The summed E-state index contributed by atoms with van der Waals surface area (Å²) in [6, 6.07) is 3.12. The van der Waals surface area contributed by atoms with Gasteiger partial charge in [-0.3, -0.25) is 4.79 Å². The Morgan fingerprint density at radius 1 is 1.35 bits per heavy atom. The number of nitrogens with two attached hydrogens (primary N) is 1. The van der Waals surface area contributed by atoms with Crippen molar-refractivity contribution in [3.8, 4) is 5.88 Å². The van der Waals surface area contributed by atoms with Crippen molar-refractivity contribution in [3.63, 3.8) is 0 Å². The summed E-state index contributed by atoms with van der Waals surface area (Å²) in [6.45, 7) is -0.320. The van der Waals surface area contributed by atoms with Gasteiger partial charge in [0.2, 0.25) is 11.8 Å². The minimum absolute atomic E-state index is 0. The lowest BCUT2D eigenvalue weighted by molar-refractivity contribution is -0.154. The van der Waals surface area contributed by atoms with Gasteiger partial charge in [0, 0.05) is 38.1 Å². The minimum atomic E-state index is -4.45. The molecule has 0 bridgehead atoms. The van der Waals surface area contributed by atoms with Gasteiger partial charge in [-0.05, 0) is 18.9 Å². The van der Waals surface area contributed by atoms with E-state index in [1.54, 1.807) is 12.1 Å². The Kier molecular flexibility index (Phi) is 10.2. The highest BCUT2D eigenvalue weighted by Crippen LogP contribution is 2.30. The van der Waals surface area contributed by atoms with E-state index >= 15 is 0 Å². The summed E-state index contributed by atoms with van der Waals surface area (Å²) in [5, 5.41) is 2.72. The number of halogens is 5. The Morgan fingerprint density at radius 2 is 2.00 bits per heavy atom. The summed E-state index contributed by atoms with van der Waals surface area (Å²) in [7, 11) is 0. The number of nitrogens with zero attached hydrogens (tertiary/aromatic N) is 1. The molecule has 1 aromatic heterocycles. The molecule has 1 amide bonds. The number of pyridine rings is 1. The van der Waals surface area contributed by atoms with Crippen LogP contribution in [0.3, 0.4) is 0 Å². The van der Waals surface area contributed by atoms with Crippen LogP contribution < -0.4 is 15.8 Å². The van der Waals surface area contributed by atoms with E-state index in [9.17, 15) is 18.0 Å². The van der Waals surface area contributed by atoms with Crippen molar-refractivity contribution in [3.05, 3.63) is 23.9 Å². The normalized spacial score (nSPS) is 16.0. The predicted molar refractivity (Wildman–Crippen MR) is 93.7 cm³/mol. The zero-order chi connectivity index (χ0) is 17.6. The zero-order valence-corrected chi connectivity index (χ0v) is 15.5. The Morgan fingerprint density at radius 3 is 2.58 bits per heavy atom. The summed E-state index contributed by atoms with van der Waals surface area (Å²) in [4.78, 5) is 16.3. The molecule has 0 saturated carbocycles. The number of hydrogen-bond donors (Lipinski definition) is 2. The monoisotopic (exact) mass is 419 g/mol. The Hall–Kier alpha value is -1.29. The summed E-state index contributed by atoms with van der Waals surface area (Å²) >= 11 is 0. The third-order valence-electron chi connectivity index (χ3n) is 3.98. The third kappa shape index (κ3) is 6.79. The van der Waals surface area contributed by atoms with Crippen LogP contribution in [0.15, 0.2) is 18.3 Å². The molecule has 2 rings (SSSR count). The summed E-state index contributed by atoms with van der Waals surface area (Å²) in [5.41, 5.74) is 5.42. The molecular weight excluding hydrogens is 398 g/mol. The Bertz CT molecular complexity index is 571. The second kappa shape index (κ2) is 10.8. The van der Waals surface area contributed by atoms with Crippen LogP contribution in [0.5, 0.6) is 5.88 Å². The fourth-order valence-corrected chi connectivity index (χ4v) is 2.49. The van der Waals surface area contributed by atoms with Gasteiger partial charge < -0.3 is 20.5 Å². The fourth-order valence-electron chi connectivity index (χ4n) is 2.49. The smallest absolute Gasteiger partial charge is 0.422 e. The van der Waals surface area contributed by atoms with Crippen LogP contribution in [0.2, 0.25) is 0 Å². The maximum absolute atomic E-state index is 12.5. The van der Waals surface area contributed by atoms with Crippen molar-refractivity contribution < 1.29 is 27.4 Å². The van der Waals surface area contributed by atoms with Crippen LogP contribution in [-0.2, 0) is 16.1 Å². The molecule has 0 unspecified atom stereocenters. The van der Waals surface area contributed by atoms with Gasteiger partial charge in [0.25, 0.3) is 0 Å². The minimum Gasteiger partial charge on any atom is -0.468 e. The van der Waals surface area contributed by atoms with Crippen LogP contribution in [0.4, 0.5) is 13.2 Å². The molecule has 2 heterocycles. The van der Waals surface area contributed by atoms with Crippen molar-refractivity contribution in [1.82, 2.24) is 10.3 Å².